The molecule has 8 rings (SSSR count). The van der Waals surface area contributed by atoms with Crippen LogP contribution in [0.3, 0.4) is 0 Å². The average Bonchev–Trinajstić information content (AvgIpc) is 3.50. The first-order valence-electron chi connectivity index (χ1n) is 16.6. The van der Waals surface area contributed by atoms with Gasteiger partial charge < -0.3 is 9.32 Å². The number of furan rings is 1. The summed E-state index contributed by atoms with van der Waals surface area (Å²) < 4.78 is 6.33. The zero-order valence-corrected chi connectivity index (χ0v) is 27.5. The number of hydrogen-bond donors (Lipinski definition) is 0. The second-order valence-corrected chi connectivity index (χ2v) is 13.4. The van der Waals surface area contributed by atoms with Crippen molar-refractivity contribution in [1.82, 2.24) is 0 Å². The summed E-state index contributed by atoms with van der Waals surface area (Å²) in [5.41, 5.74) is 13.7. The van der Waals surface area contributed by atoms with Gasteiger partial charge in [0.25, 0.3) is 0 Å². The first-order chi connectivity index (χ1) is 23.4. The molecule has 48 heavy (non-hydrogen) atoms. The molecule has 1 heterocycles. The number of hydrogen-bond acceptors (Lipinski definition) is 2. The van der Waals surface area contributed by atoms with Gasteiger partial charge >= 0.3 is 0 Å². The molecule has 2 nitrogen and oxygen atoms in total. The zero-order chi connectivity index (χ0) is 32.7. The van der Waals surface area contributed by atoms with E-state index < -0.39 is 0 Å². The van der Waals surface area contributed by atoms with Crippen LogP contribution in [0.5, 0.6) is 0 Å². The number of benzene rings is 7. The van der Waals surface area contributed by atoms with Crippen molar-refractivity contribution in [2.75, 3.05) is 4.90 Å². The van der Waals surface area contributed by atoms with E-state index in [4.69, 9.17) is 4.42 Å². The molecular formula is C46H37NO. The largest absolute Gasteiger partial charge is 0.456 e. The Labute approximate surface area is 282 Å². The highest BCUT2D eigenvalue weighted by Crippen LogP contribution is 2.43. The predicted molar refractivity (Wildman–Crippen MR) is 203 cm³/mol. The molecule has 0 saturated carbocycles. The Bertz CT molecular complexity index is 2340. The lowest BCUT2D eigenvalue weighted by molar-refractivity contribution is 0.593. The van der Waals surface area contributed by atoms with Gasteiger partial charge in [0, 0.05) is 33.9 Å². The highest BCUT2D eigenvalue weighted by Gasteiger charge is 2.24. The molecule has 0 spiro atoms. The third-order valence-electron chi connectivity index (χ3n) is 9.19. The standard InChI is InChI=1S/C46H37NO/c1-46(2,3)45-39(34-15-8-5-9-16-34)18-12-19-40(45)35-23-27-37(28-24-35)47(36-25-21-33(22-26-36)32-13-6-4-7-14-32)38-29-30-42-41-17-10-11-20-43(41)48-44(42)31-38/h4-31H,1-3H3. The van der Waals surface area contributed by atoms with Crippen molar-refractivity contribution in [3.8, 4) is 33.4 Å². The summed E-state index contributed by atoms with van der Waals surface area (Å²) in [4.78, 5) is 2.32. The maximum absolute atomic E-state index is 6.33. The van der Waals surface area contributed by atoms with E-state index in [-0.39, 0.29) is 5.41 Å². The van der Waals surface area contributed by atoms with Gasteiger partial charge in [-0.3, -0.25) is 0 Å². The normalized spacial score (nSPS) is 11.6. The molecule has 0 fully saturated rings. The molecule has 7 aromatic carbocycles. The summed E-state index contributed by atoms with van der Waals surface area (Å²) in [5, 5.41) is 2.26. The first kappa shape index (κ1) is 29.5. The van der Waals surface area contributed by atoms with Crippen molar-refractivity contribution >= 4 is 39.0 Å². The van der Waals surface area contributed by atoms with Crippen LogP contribution in [0.1, 0.15) is 26.3 Å². The Morgan fingerprint density at radius 2 is 0.875 bits per heavy atom. The van der Waals surface area contributed by atoms with Gasteiger partial charge in [0.15, 0.2) is 0 Å². The lowest BCUT2D eigenvalue weighted by Gasteiger charge is -2.28. The molecule has 0 N–H and O–H groups in total. The van der Waals surface area contributed by atoms with E-state index in [2.05, 4.69) is 183 Å². The Balaban J connectivity index is 1.24. The number of fused-ring (bicyclic) bond motifs is 3. The molecule has 0 atom stereocenters. The molecular weight excluding hydrogens is 583 g/mol. The first-order valence-corrected chi connectivity index (χ1v) is 16.6. The second kappa shape index (κ2) is 12.1. The number of rotatable bonds is 6. The molecule has 232 valence electrons. The van der Waals surface area contributed by atoms with Crippen molar-refractivity contribution in [3.05, 3.63) is 175 Å². The van der Waals surface area contributed by atoms with E-state index in [1.807, 2.05) is 12.1 Å². The van der Waals surface area contributed by atoms with Crippen LogP contribution >= 0.6 is 0 Å². The van der Waals surface area contributed by atoms with E-state index in [1.165, 1.54) is 38.9 Å². The van der Waals surface area contributed by atoms with Crippen LogP contribution in [0.25, 0.3) is 55.3 Å². The second-order valence-electron chi connectivity index (χ2n) is 13.4. The van der Waals surface area contributed by atoms with E-state index in [0.29, 0.717) is 0 Å². The van der Waals surface area contributed by atoms with Crippen LogP contribution in [0.2, 0.25) is 0 Å². The lowest BCUT2D eigenvalue weighted by atomic mass is 9.77. The molecule has 2 heteroatoms. The van der Waals surface area contributed by atoms with Crippen molar-refractivity contribution in [2.24, 2.45) is 0 Å². The van der Waals surface area contributed by atoms with Crippen LogP contribution < -0.4 is 4.90 Å². The van der Waals surface area contributed by atoms with Gasteiger partial charge in [-0.2, -0.15) is 0 Å². The molecule has 0 aliphatic rings. The minimum atomic E-state index is -0.0467. The van der Waals surface area contributed by atoms with Crippen LogP contribution in [0.15, 0.2) is 174 Å². The minimum absolute atomic E-state index is 0.0467. The van der Waals surface area contributed by atoms with Gasteiger partial charge in [-0.15, -0.1) is 0 Å². The minimum Gasteiger partial charge on any atom is -0.456 e. The lowest BCUT2D eigenvalue weighted by Crippen LogP contribution is -2.14. The number of para-hydroxylation sites is 1. The van der Waals surface area contributed by atoms with Crippen molar-refractivity contribution < 1.29 is 4.42 Å². The fourth-order valence-electron chi connectivity index (χ4n) is 6.98. The fraction of sp³-hybridized carbons (Fsp3) is 0.0870. The summed E-state index contributed by atoms with van der Waals surface area (Å²) in [6, 6.07) is 60.6. The summed E-state index contributed by atoms with van der Waals surface area (Å²) in [7, 11) is 0. The molecule has 0 aliphatic heterocycles. The quantitative estimate of drug-likeness (QED) is 0.184. The third-order valence-corrected chi connectivity index (χ3v) is 9.19. The topological polar surface area (TPSA) is 16.4 Å². The molecule has 0 bridgehead atoms. The maximum Gasteiger partial charge on any atom is 0.137 e. The molecule has 0 aliphatic carbocycles. The van der Waals surface area contributed by atoms with Gasteiger partial charge in [-0.05, 0) is 86.8 Å². The SMILES string of the molecule is CC(C)(C)c1c(-c2ccccc2)cccc1-c1ccc(N(c2ccc(-c3ccccc3)cc2)c2ccc3c(c2)oc2ccccc23)cc1. The molecule has 1 aromatic heterocycles. The Morgan fingerprint density at radius 1 is 0.396 bits per heavy atom. The predicted octanol–water partition coefficient (Wildman–Crippen LogP) is 13.4. The van der Waals surface area contributed by atoms with E-state index in [9.17, 15) is 0 Å². The molecule has 0 unspecified atom stereocenters. The smallest absolute Gasteiger partial charge is 0.137 e. The summed E-state index contributed by atoms with van der Waals surface area (Å²) in [6.45, 7) is 6.92. The zero-order valence-electron chi connectivity index (χ0n) is 27.5. The average molecular weight is 620 g/mol. The summed E-state index contributed by atoms with van der Waals surface area (Å²) in [6.07, 6.45) is 0. The van der Waals surface area contributed by atoms with E-state index in [0.717, 1.165) is 39.0 Å². The Hall–Kier alpha value is -5.86. The highest BCUT2D eigenvalue weighted by molar-refractivity contribution is 6.06. The highest BCUT2D eigenvalue weighted by atomic mass is 16.3. The van der Waals surface area contributed by atoms with Gasteiger partial charge in [0.1, 0.15) is 11.2 Å². The van der Waals surface area contributed by atoms with Crippen molar-refractivity contribution in [2.45, 2.75) is 26.2 Å². The maximum atomic E-state index is 6.33. The fourth-order valence-corrected chi connectivity index (χ4v) is 6.98. The van der Waals surface area contributed by atoms with E-state index >= 15 is 0 Å². The van der Waals surface area contributed by atoms with E-state index in [1.54, 1.807) is 0 Å². The Morgan fingerprint density at radius 3 is 1.50 bits per heavy atom. The third kappa shape index (κ3) is 5.46. The van der Waals surface area contributed by atoms with Gasteiger partial charge in [-0.1, -0.05) is 142 Å². The van der Waals surface area contributed by atoms with Crippen molar-refractivity contribution in [1.29, 1.82) is 0 Å². The van der Waals surface area contributed by atoms with Crippen LogP contribution in [0, 0.1) is 0 Å². The number of nitrogens with zero attached hydrogens (tertiary/aromatic N) is 1. The van der Waals surface area contributed by atoms with Crippen molar-refractivity contribution in [3.63, 3.8) is 0 Å². The summed E-state index contributed by atoms with van der Waals surface area (Å²) in [5.74, 6) is 0. The van der Waals surface area contributed by atoms with Crippen LogP contribution in [-0.4, -0.2) is 0 Å². The number of anilines is 3. The van der Waals surface area contributed by atoms with Crippen LogP contribution in [-0.2, 0) is 5.41 Å². The summed E-state index contributed by atoms with van der Waals surface area (Å²) >= 11 is 0. The molecule has 0 amide bonds. The van der Waals surface area contributed by atoms with Gasteiger partial charge in [0.2, 0.25) is 0 Å². The van der Waals surface area contributed by atoms with Crippen LogP contribution in [0.4, 0.5) is 17.1 Å². The molecule has 0 saturated heterocycles. The Kier molecular flexibility index (Phi) is 7.42. The monoisotopic (exact) mass is 619 g/mol. The van der Waals surface area contributed by atoms with Gasteiger partial charge in [0.05, 0.1) is 0 Å². The van der Waals surface area contributed by atoms with Gasteiger partial charge in [-0.25, -0.2) is 0 Å². The molecule has 8 aromatic rings. The molecule has 0 radical (unpaired) electrons.